The molecule has 1 aliphatic rings. The Labute approximate surface area is 212 Å². The molecule has 0 aromatic rings. The molecule has 4 amide bonds. The molecule has 1 saturated heterocycles. The molecule has 0 spiro atoms. The summed E-state index contributed by atoms with van der Waals surface area (Å²) in [7, 11) is 0. The number of rotatable bonds is 16. The van der Waals surface area contributed by atoms with Crippen LogP contribution >= 0.6 is 0 Å². The van der Waals surface area contributed by atoms with Gasteiger partial charge in [0.1, 0.15) is 0 Å². The molecule has 3 atom stereocenters. The maximum absolute atomic E-state index is 12.7. The Morgan fingerprint density at radius 3 is 2.23 bits per heavy atom. The summed E-state index contributed by atoms with van der Waals surface area (Å²) in [6, 6.07) is 0. The van der Waals surface area contributed by atoms with Gasteiger partial charge in [0.05, 0.1) is 5.60 Å². The van der Waals surface area contributed by atoms with Crippen LogP contribution < -0.4 is 10.6 Å². The second kappa shape index (κ2) is 14.0. The zero-order chi connectivity index (χ0) is 26.8. The number of carbonyl (C=O) groups excluding carboxylic acids is 4. The summed E-state index contributed by atoms with van der Waals surface area (Å²) < 4.78 is 6.21. The summed E-state index contributed by atoms with van der Waals surface area (Å²) in [4.78, 5) is 50.7. The standard InChI is InChI=1S/C27H49N3O5/c1-9-26(7,25(34)29-18-19(3)4)13-16-35-27(8,10-2)12-14-28-22(31)11-15-30-23(32)17-21(20(5)6)24(30)33/h19-21H,9-18H2,1-8H3,(H,28,31)(H,29,34). The number of nitrogens with one attached hydrogen (secondary N) is 2. The lowest BCUT2D eigenvalue weighted by atomic mass is 9.83. The van der Waals surface area contributed by atoms with Crippen molar-refractivity contribution in [1.29, 1.82) is 0 Å². The Bertz CT molecular complexity index is 738. The minimum atomic E-state index is -0.475. The summed E-state index contributed by atoms with van der Waals surface area (Å²) in [5.41, 5.74) is -0.890. The average molecular weight is 496 g/mol. The van der Waals surface area contributed by atoms with E-state index >= 15 is 0 Å². The van der Waals surface area contributed by atoms with E-state index in [1.165, 1.54) is 4.90 Å². The van der Waals surface area contributed by atoms with Gasteiger partial charge in [0.2, 0.25) is 23.6 Å². The molecule has 1 aliphatic heterocycles. The SMILES string of the molecule is CCC(C)(CCNC(=O)CCN1C(=O)CC(C(C)C)C1=O)OCCC(C)(CC)C(=O)NCC(C)C. The maximum atomic E-state index is 12.7. The summed E-state index contributed by atoms with van der Waals surface area (Å²) in [6.45, 7) is 17.8. The van der Waals surface area contributed by atoms with Gasteiger partial charge < -0.3 is 15.4 Å². The first kappa shape index (κ1) is 31.1. The normalized spacial score (nSPS) is 19.7. The fraction of sp³-hybridized carbons (Fsp3) is 0.852. The molecule has 0 aromatic heterocycles. The predicted molar refractivity (Wildman–Crippen MR) is 137 cm³/mol. The largest absolute Gasteiger partial charge is 0.375 e. The van der Waals surface area contributed by atoms with Crippen LogP contribution in [-0.4, -0.2) is 60.4 Å². The smallest absolute Gasteiger partial charge is 0.233 e. The van der Waals surface area contributed by atoms with Crippen molar-refractivity contribution in [1.82, 2.24) is 15.5 Å². The van der Waals surface area contributed by atoms with Crippen LogP contribution in [0.15, 0.2) is 0 Å². The van der Waals surface area contributed by atoms with Crippen molar-refractivity contribution in [3.8, 4) is 0 Å². The molecule has 0 saturated carbocycles. The van der Waals surface area contributed by atoms with Crippen LogP contribution in [0.25, 0.3) is 0 Å². The van der Waals surface area contributed by atoms with Gasteiger partial charge in [-0.1, -0.05) is 48.5 Å². The second-order valence-electron chi connectivity index (χ2n) is 11.2. The lowest BCUT2D eigenvalue weighted by Gasteiger charge is -2.32. The zero-order valence-corrected chi connectivity index (χ0v) is 23.3. The molecule has 35 heavy (non-hydrogen) atoms. The molecule has 8 nitrogen and oxygen atoms in total. The van der Waals surface area contributed by atoms with E-state index in [9.17, 15) is 19.2 Å². The van der Waals surface area contributed by atoms with Crippen LogP contribution in [-0.2, 0) is 23.9 Å². The Morgan fingerprint density at radius 1 is 1.06 bits per heavy atom. The molecule has 0 radical (unpaired) electrons. The molecular formula is C27H49N3O5. The first-order valence-electron chi connectivity index (χ1n) is 13.3. The Morgan fingerprint density at radius 2 is 1.71 bits per heavy atom. The first-order valence-corrected chi connectivity index (χ1v) is 13.3. The molecule has 0 bridgehead atoms. The highest BCUT2D eigenvalue weighted by Crippen LogP contribution is 2.29. The molecular weight excluding hydrogens is 446 g/mol. The number of hydrogen-bond donors (Lipinski definition) is 2. The van der Waals surface area contributed by atoms with Crippen molar-refractivity contribution in [2.75, 3.05) is 26.2 Å². The van der Waals surface area contributed by atoms with Gasteiger partial charge in [0.15, 0.2) is 0 Å². The molecule has 2 N–H and O–H groups in total. The molecule has 8 heteroatoms. The summed E-state index contributed by atoms with van der Waals surface area (Å²) in [5, 5.41) is 5.93. The van der Waals surface area contributed by atoms with Crippen LogP contribution in [0.3, 0.4) is 0 Å². The minimum Gasteiger partial charge on any atom is -0.375 e. The number of imide groups is 1. The van der Waals surface area contributed by atoms with Gasteiger partial charge in [-0.05, 0) is 44.4 Å². The Balaban J connectivity index is 2.45. The summed E-state index contributed by atoms with van der Waals surface area (Å²) in [5.74, 6) is -0.226. The monoisotopic (exact) mass is 495 g/mol. The van der Waals surface area contributed by atoms with Crippen LogP contribution in [0.5, 0.6) is 0 Å². The first-order chi connectivity index (χ1) is 16.3. The Kier molecular flexibility index (Phi) is 12.4. The van der Waals surface area contributed by atoms with Gasteiger partial charge in [0.25, 0.3) is 0 Å². The van der Waals surface area contributed by atoms with Crippen LogP contribution in [0, 0.1) is 23.2 Å². The second-order valence-corrected chi connectivity index (χ2v) is 11.2. The summed E-state index contributed by atoms with van der Waals surface area (Å²) >= 11 is 0. The lowest BCUT2D eigenvalue weighted by molar-refractivity contribution is -0.140. The molecule has 0 aliphatic carbocycles. The van der Waals surface area contributed by atoms with Gasteiger partial charge in [-0.15, -0.1) is 0 Å². The van der Waals surface area contributed by atoms with E-state index in [1.54, 1.807) is 0 Å². The van der Waals surface area contributed by atoms with E-state index in [2.05, 4.69) is 24.5 Å². The molecule has 3 unspecified atom stereocenters. The fourth-order valence-electron chi connectivity index (χ4n) is 4.07. The minimum absolute atomic E-state index is 0.0671. The predicted octanol–water partition coefficient (Wildman–Crippen LogP) is 3.68. The third-order valence-corrected chi connectivity index (χ3v) is 7.47. The van der Waals surface area contributed by atoms with Crippen molar-refractivity contribution in [3.05, 3.63) is 0 Å². The molecule has 1 heterocycles. The number of amides is 4. The molecule has 1 rings (SSSR count). The third kappa shape index (κ3) is 9.54. The van der Waals surface area contributed by atoms with Crippen molar-refractivity contribution < 1.29 is 23.9 Å². The number of likely N-dealkylation sites (tertiary alicyclic amines) is 1. The average Bonchev–Trinajstić information content (AvgIpc) is 3.09. The van der Waals surface area contributed by atoms with Gasteiger partial charge in [-0.2, -0.15) is 0 Å². The molecule has 0 aromatic carbocycles. The van der Waals surface area contributed by atoms with Gasteiger partial charge in [0, 0.05) is 50.4 Å². The number of hydrogen-bond acceptors (Lipinski definition) is 5. The van der Waals surface area contributed by atoms with Crippen molar-refractivity contribution >= 4 is 23.6 Å². The highest BCUT2D eigenvalue weighted by atomic mass is 16.5. The van der Waals surface area contributed by atoms with E-state index in [1.807, 2.05) is 41.5 Å². The molecule has 1 fully saturated rings. The van der Waals surface area contributed by atoms with Crippen molar-refractivity contribution in [2.45, 2.75) is 99.5 Å². The maximum Gasteiger partial charge on any atom is 0.233 e. The van der Waals surface area contributed by atoms with Gasteiger partial charge in [-0.3, -0.25) is 24.1 Å². The highest BCUT2D eigenvalue weighted by molar-refractivity contribution is 6.03. The fourth-order valence-corrected chi connectivity index (χ4v) is 4.07. The third-order valence-electron chi connectivity index (χ3n) is 7.47. The topological polar surface area (TPSA) is 105 Å². The van der Waals surface area contributed by atoms with Gasteiger partial charge >= 0.3 is 0 Å². The van der Waals surface area contributed by atoms with E-state index in [0.29, 0.717) is 38.5 Å². The zero-order valence-electron chi connectivity index (χ0n) is 23.3. The molecule has 202 valence electrons. The van der Waals surface area contributed by atoms with Gasteiger partial charge in [-0.25, -0.2) is 0 Å². The lowest BCUT2D eigenvalue weighted by Crippen LogP contribution is -2.42. The van der Waals surface area contributed by atoms with Crippen molar-refractivity contribution in [3.63, 3.8) is 0 Å². The van der Waals surface area contributed by atoms with Crippen LogP contribution in [0.1, 0.15) is 93.9 Å². The number of nitrogens with zero attached hydrogens (tertiary/aromatic N) is 1. The van der Waals surface area contributed by atoms with E-state index in [0.717, 1.165) is 12.8 Å². The summed E-state index contributed by atoms with van der Waals surface area (Å²) in [6.07, 6.45) is 3.12. The highest BCUT2D eigenvalue weighted by Gasteiger charge is 2.40. The van der Waals surface area contributed by atoms with E-state index in [-0.39, 0.29) is 54.9 Å². The van der Waals surface area contributed by atoms with E-state index < -0.39 is 11.0 Å². The van der Waals surface area contributed by atoms with Crippen LogP contribution in [0.2, 0.25) is 0 Å². The number of carbonyl (C=O) groups is 4. The number of ether oxygens (including phenoxy) is 1. The van der Waals surface area contributed by atoms with E-state index in [4.69, 9.17) is 4.74 Å². The van der Waals surface area contributed by atoms with Crippen molar-refractivity contribution in [2.24, 2.45) is 23.2 Å². The quantitative estimate of drug-likeness (QED) is 0.318. The Hall–Kier alpha value is -1.96. The van der Waals surface area contributed by atoms with Crippen LogP contribution in [0.4, 0.5) is 0 Å².